The summed E-state index contributed by atoms with van der Waals surface area (Å²) in [5.41, 5.74) is 0. The molecule has 4 heteroatoms. The zero-order valence-electron chi connectivity index (χ0n) is 12.2. The quantitative estimate of drug-likeness (QED) is 0.675. The summed E-state index contributed by atoms with van der Waals surface area (Å²) >= 11 is 0. The van der Waals surface area contributed by atoms with E-state index in [2.05, 4.69) is 22.6 Å². The molecular formula is C14H29N3O. The molecule has 0 radical (unpaired) electrons. The fraction of sp³-hybridized carbons (Fsp3) is 0.929. The van der Waals surface area contributed by atoms with Crippen LogP contribution in [-0.4, -0.2) is 49.6 Å². The van der Waals surface area contributed by atoms with Crippen LogP contribution in [0.3, 0.4) is 0 Å². The van der Waals surface area contributed by atoms with Gasteiger partial charge in [0.05, 0.1) is 0 Å². The van der Waals surface area contributed by atoms with Crippen molar-refractivity contribution in [3.8, 4) is 0 Å². The lowest BCUT2D eigenvalue weighted by Crippen LogP contribution is -2.38. The Labute approximate surface area is 111 Å². The molecule has 1 rings (SSSR count). The van der Waals surface area contributed by atoms with Crippen molar-refractivity contribution in [1.29, 1.82) is 0 Å². The number of piperidine rings is 1. The molecule has 1 fully saturated rings. The Hall–Kier alpha value is -0.610. The summed E-state index contributed by atoms with van der Waals surface area (Å²) in [5, 5.41) is 6.27. The first-order valence-corrected chi connectivity index (χ1v) is 7.30. The van der Waals surface area contributed by atoms with Crippen LogP contribution in [0.4, 0.5) is 0 Å². The summed E-state index contributed by atoms with van der Waals surface area (Å²) < 4.78 is 0. The number of nitrogens with zero attached hydrogens (tertiary/aromatic N) is 1. The summed E-state index contributed by atoms with van der Waals surface area (Å²) in [5.74, 6) is 0.146. The molecule has 0 aromatic heterocycles. The third kappa shape index (κ3) is 6.36. The molecule has 1 atom stereocenters. The number of likely N-dealkylation sites (tertiary alicyclic amines) is 1. The van der Waals surface area contributed by atoms with E-state index in [0.717, 1.165) is 19.1 Å². The molecule has 0 bridgehead atoms. The molecule has 0 aliphatic carbocycles. The maximum atomic E-state index is 11.4. The van der Waals surface area contributed by atoms with E-state index in [1.165, 1.54) is 32.2 Å². The predicted octanol–water partition coefficient (Wildman–Crippen LogP) is 1.37. The highest BCUT2D eigenvalue weighted by Crippen LogP contribution is 2.16. The third-order valence-corrected chi connectivity index (χ3v) is 3.55. The molecule has 0 aromatic carbocycles. The van der Waals surface area contributed by atoms with E-state index in [1.54, 1.807) is 0 Å². The van der Waals surface area contributed by atoms with Crippen LogP contribution in [0.5, 0.6) is 0 Å². The highest BCUT2D eigenvalue weighted by atomic mass is 16.1. The van der Waals surface area contributed by atoms with Crippen molar-refractivity contribution in [2.75, 3.05) is 26.7 Å². The van der Waals surface area contributed by atoms with Gasteiger partial charge in [-0.3, -0.25) is 4.79 Å². The molecule has 18 heavy (non-hydrogen) atoms. The van der Waals surface area contributed by atoms with Crippen molar-refractivity contribution < 1.29 is 4.79 Å². The predicted molar refractivity (Wildman–Crippen MR) is 75.7 cm³/mol. The van der Waals surface area contributed by atoms with Crippen molar-refractivity contribution >= 4 is 5.91 Å². The van der Waals surface area contributed by atoms with Gasteiger partial charge in [-0.15, -0.1) is 0 Å². The largest absolute Gasteiger partial charge is 0.354 e. The van der Waals surface area contributed by atoms with Crippen LogP contribution in [0.15, 0.2) is 0 Å². The number of hydrogen-bond acceptors (Lipinski definition) is 3. The maximum Gasteiger partial charge on any atom is 0.221 e. The lowest BCUT2D eigenvalue weighted by Gasteiger charge is -2.32. The van der Waals surface area contributed by atoms with Gasteiger partial charge >= 0.3 is 0 Å². The first kappa shape index (κ1) is 15.4. The minimum absolute atomic E-state index is 0.146. The van der Waals surface area contributed by atoms with Gasteiger partial charge in [-0.05, 0) is 53.2 Å². The van der Waals surface area contributed by atoms with Gasteiger partial charge in [-0.25, -0.2) is 0 Å². The van der Waals surface area contributed by atoms with Gasteiger partial charge in [-0.2, -0.15) is 0 Å². The van der Waals surface area contributed by atoms with Crippen LogP contribution in [0.25, 0.3) is 0 Å². The lowest BCUT2D eigenvalue weighted by molar-refractivity contribution is -0.121. The summed E-state index contributed by atoms with van der Waals surface area (Å²) in [4.78, 5) is 13.9. The fourth-order valence-corrected chi connectivity index (χ4v) is 2.50. The van der Waals surface area contributed by atoms with Crippen molar-refractivity contribution in [3.63, 3.8) is 0 Å². The van der Waals surface area contributed by atoms with Crippen molar-refractivity contribution in [3.05, 3.63) is 0 Å². The van der Waals surface area contributed by atoms with Gasteiger partial charge < -0.3 is 15.5 Å². The molecule has 1 saturated heterocycles. The molecular weight excluding hydrogens is 226 g/mol. The Balaban J connectivity index is 1.99. The number of nitrogens with one attached hydrogen (secondary N) is 2. The van der Waals surface area contributed by atoms with E-state index < -0.39 is 0 Å². The molecule has 2 N–H and O–H groups in total. The van der Waals surface area contributed by atoms with Crippen LogP contribution in [0.2, 0.25) is 0 Å². The van der Waals surface area contributed by atoms with E-state index in [9.17, 15) is 4.79 Å². The van der Waals surface area contributed by atoms with Gasteiger partial charge in [0.2, 0.25) is 5.91 Å². The highest BCUT2D eigenvalue weighted by molar-refractivity contribution is 5.76. The second kappa shape index (κ2) is 8.48. The average molecular weight is 255 g/mol. The maximum absolute atomic E-state index is 11.4. The van der Waals surface area contributed by atoms with Gasteiger partial charge in [0.25, 0.3) is 0 Å². The Morgan fingerprint density at radius 3 is 2.78 bits per heavy atom. The first-order chi connectivity index (χ1) is 8.59. The van der Waals surface area contributed by atoms with Crippen LogP contribution in [-0.2, 0) is 4.79 Å². The number of carbonyl (C=O) groups is 1. The molecule has 4 nitrogen and oxygen atoms in total. The van der Waals surface area contributed by atoms with E-state index in [4.69, 9.17) is 0 Å². The Morgan fingerprint density at radius 2 is 2.11 bits per heavy atom. The summed E-state index contributed by atoms with van der Waals surface area (Å²) in [6, 6.07) is 0.976. The van der Waals surface area contributed by atoms with Gasteiger partial charge in [0, 0.05) is 25.0 Å². The zero-order chi connectivity index (χ0) is 13.4. The van der Waals surface area contributed by atoms with Gasteiger partial charge in [0.1, 0.15) is 0 Å². The Kier molecular flexibility index (Phi) is 7.28. The monoisotopic (exact) mass is 255 g/mol. The molecule has 0 saturated carbocycles. The minimum Gasteiger partial charge on any atom is -0.354 e. The third-order valence-electron chi connectivity index (χ3n) is 3.55. The summed E-state index contributed by atoms with van der Waals surface area (Å²) in [6.45, 7) is 7.02. The second-order valence-corrected chi connectivity index (χ2v) is 5.64. The standard InChI is InChI=1S/C14H29N3O/c1-12(2)16-14(18)8-10-15-9-7-13-6-4-5-11-17(13)3/h12-13,15H,4-11H2,1-3H3,(H,16,18). The molecule has 1 aliphatic rings. The van der Waals surface area contributed by atoms with Crippen LogP contribution in [0.1, 0.15) is 46.0 Å². The molecule has 1 amide bonds. The average Bonchev–Trinajstić information content (AvgIpc) is 2.30. The lowest BCUT2D eigenvalue weighted by atomic mass is 10.0. The van der Waals surface area contributed by atoms with Crippen LogP contribution >= 0.6 is 0 Å². The van der Waals surface area contributed by atoms with Gasteiger partial charge in [-0.1, -0.05) is 6.42 Å². The summed E-state index contributed by atoms with van der Waals surface area (Å²) in [6.07, 6.45) is 5.81. The smallest absolute Gasteiger partial charge is 0.221 e. The van der Waals surface area contributed by atoms with Crippen molar-refractivity contribution in [2.24, 2.45) is 0 Å². The number of carbonyl (C=O) groups excluding carboxylic acids is 1. The molecule has 1 heterocycles. The SMILES string of the molecule is CC(C)NC(=O)CCNCCC1CCCCN1C. The molecule has 0 spiro atoms. The number of hydrogen-bond donors (Lipinski definition) is 2. The van der Waals surface area contributed by atoms with E-state index in [1.807, 2.05) is 13.8 Å². The molecule has 0 aromatic rings. The summed E-state index contributed by atoms with van der Waals surface area (Å²) in [7, 11) is 2.22. The van der Waals surface area contributed by atoms with Crippen molar-refractivity contribution in [1.82, 2.24) is 15.5 Å². The van der Waals surface area contributed by atoms with Crippen LogP contribution < -0.4 is 10.6 Å². The first-order valence-electron chi connectivity index (χ1n) is 7.30. The number of amides is 1. The Bertz CT molecular complexity index is 243. The minimum atomic E-state index is 0.146. The second-order valence-electron chi connectivity index (χ2n) is 5.64. The molecule has 1 unspecified atom stereocenters. The number of rotatable bonds is 7. The van der Waals surface area contributed by atoms with Crippen molar-refractivity contribution in [2.45, 2.75) is 58.0 Å². The zero-order valence-corrected chi connectivity index (χ0v) is 12.2. The highest BCUT2D eigenvalue weighted by Gasteiger charge is 2.17. The topological polar surface area (TPSA) is 44.4 Å². The van der Waals surface area contributed by atoms with Crippen LogP contribution in [0, 0.1) is 0 Å². The van der Waals surface area contributed by atoms with E-state index in [0.29, 0.717) is 6.42 Å². The molecule has 106 valence electrons. The van der Waals surface area contributed by atoms with E-state index in [-0.39, 0.29) is 11.9 Å². The van der Waals surface area contributed by atoms with Gasteiger partial charge in [0.15, 0.2) is 0 Å². The Morgan fingerprint density at radius 1 is 1.33 bits per heavy atom. The normalized spacial score (nSPS) is 21.2. The fourth-order valence-electron chi connectivity index (χ4n) is 2.50. The van der Waals surface area contributed by atoms with E-state index >= 15 is 0 Å². The molecule has 1 aliphatic heterocycles.